The summed E-state index contributed by atoms with van der Waals surface area (Å²) in [6.07, 6.45) is 3.65. The molecule has 0 spiro atoms. The van der Waals surface area contributed by atoms with E-state index < -0.39 is 0 Å². The minimum absolute atomic E-state index is 0.111. The maximum atomic E-state index is 12.4. The van der Waals surface area contributed by atoms with Crippen LogP contribution in [-0.4, -0.2) is 17.4 Å². The quantitative estimate of drug-likeness (QED) is 0.849. The van der Waals surface area contributed by atoms with E-state index in [0.29, 0.717) is 11.4 Å². The number of carbonyl (C=O) groups excluding carboxylic acids is 1. The molecule has 2 rings (SSSR count). The standard InChI is InChI=1S/C17H21N3O/c1-3-7-13-8-5-6-9-15(13)20-17(21)14-10-11-19-16(12-14)18-4-2/h5-6,8-12H,3-4,7H2,1-2H3,(H,18,19)(H,20,21). The molecular formula is C17H21N3O. The van der Waals surface area contributed by atoms with Crippen LogP contribution in [0.1, 0.15) is 36.2 Å². The smallest absolute Gasteiger partial charge is 0.255 e. The van der Waals surface area contributed by atoms with Gasteiger partial charge in [-0.05, 0) is 37.1 Å². The molecule has 2 N–H and O–H groups in total. The molecule has 0 saturated heterocycles. The van der Waals surface area contributed by atoms with Crippen LogP contribution in [0.2, 0.25) is 0 Å². The number of pyridine rings is 1. The number of benzene rings is 1. The van der Waals surface area contributed by atoms with E-state index in [9.17, 15) is 4.79 Å². The fourth-order valence-electron chi connectivity index (χ4n) is 2.17. The summed E-state index contributed by atoms with van der Waals surface area (Å²) < 4.78 is 0. The minimum atomic E-state index is -0.111. The number of hydrogen-bond donors (Lipinski definition) is 2. The number of rotatable bonds is 6. The topological polar surface area (TPSA) is 54.0 Å². The van der Waals surface area contributed by atoms with Crippen molar-refractivity contribution < 1.29 is 4.79 Å². The largest absolute Gasteiger partial charge is 0.370 e. The summed E-state index contributed by atoms with van der Waals surface area (Å²) in [6, 6.07) is 11.4. The monoisotopic (exact) mass is 283 g/mol. The van der Waals surface area contributed by atoms with Gasteiger partial charge in [-0.3, -0.25) is 4.79 Å². The predicted molar refractivity (Wildman–Crippen MR) is 86.8 cm³/mol. The number of anilines is 2. The molecule has 0 aliphatic carbocycles. The number of amides is 1. The molecule has 1 aromatic heterocycles. The number of aryl methyl sites for hydroxylation is 1. The number of carbonyl (C=O) groups is 1. The summed E-state index contributed by atoms with van der Waals surface area (Å²) in [5.74, 6) is 0.604. The summed E-state index contributed by atoms with van der Waals surface area (Å²) in [7, 11) is 0. The van der Waals surface area contributed by atoms with Crippen LogP contribution in [0, 0.1) is 0 Å². The van der Waals surface area contributed by atoms with E-state index in [2.05, 4.69) is 28.6 Å². The first-order valence-electron chi connectivity index (χ1n) is 7.33. The van der Waals surface area contributed by atoms with Crippen LogP contribution in [0.25, 0.3) is 0 Å². The van der Waals surface area contributed by atoms with Crippen molar-refractivity contribution >= 4 is 17.4 Å². The first kappa shape index (κ1) is 15.0. The molecule has 1 aromatic carbocycles. The van der Waals surface area contributed by atoms with E-state index in [1.807, 2.05) is 25.1 Å². The third-order valence-electron chi connectivity index (χ3n) is 3.16. The molecule has 0 saturated carbocycles. The molecule has 110 valence electrons. The highest BCUT2D eigenvalue weighted by atomic mass is 16.1. The van der Waals surface area contributed by atoms with Crippen LogP contribution in [0.15, 0.2) is 42.6 Å². The molecular weight excluding hydrogens is 262 g/mol. The third kappa shape index (κ3) is 4.05. The maximum Gasteiger partial charge on any atom is 0.255 e. The Balaban J connectivity index is 2.16. The average Bonchev–Trinajstić information content (AvgIpc) is 2.50. The Hall–Kier alpha value is -2.36. The molecule has 2 aromatic rings. The van der Waals surface area contributed by atoms with Crippen LogP contribution in [0.4, 0.5) is 11.5 Å². The van der Waals surface area contributed by atoms with Gasteiger partial charge in [0, 0.05) is 24.0 Å². The molecule has 0 radical (unpaired) electrons. The lowest BCUT2D eigenvalue weighted by atomic mass is 10.1. The Bertz CT molecular complexity index is 610. The number of aromatic nitrogens is 1. The first-order chi connectivity index (χ1) is 10.2. The van der Waals surface area contributed by atoms with Crippen LogP contribution in [0.5, 0.6) is 0 Å². The Morgan fingerprint density at radius 1 is 1.19 bits per heavy atom. The van der Waals surface area contributed by atoms with E-state index in [0.717, 1.165) is 30.6 Å². The molecule has 0 bridgehead atoms. The summed E-state index contributed by atoms with van der Waals surface area (Å²) in [6.45, 7) is 4.90. The number of hydrogen-bond acceptors (Lipinski definition) is 3. The van der Waals surface area contributed by atoms with E-state index in [1.165, 1.54) is 0 Å². The third-order valence-corrected chi connectivity index (χ3v) is 3.16. The van der Waals surface area contributed by atoms with Gasteiger partial charge in [0.25, 0.3) is 5.91 Å². The molecule has 0 fully saturated rings. The lowest BCUT2D eigenvalue weighted by Crippen LogP contribution is -2.14. The molecule has 21 heavy (non-hydrogen) atoms. The van der Waals surface area contributed by atoms with Gasteiger partial charge in [-0.15, -0.1) is 0 Å². The highest BCUT2D eigenvalue weighted by Crippen LogP contribution is 2.18. The molecule has 1 amide bonds. The zero-order valence-corrected chi connectivity index (χ0v) is 12.5. The summed E-state index contributed by atoms with van der Waals surface area (Å²) in [4.78, 5) is 16.5. The second kappa shape index (κ2) is 7.43. The van der Waals surface area contributed by atoms with Gasteiger partial charge < -0.3 is 10.6 Å². The fourth-order valence-corrected chi connectivity index (χ4v) is 2.17. The zero-order valence-electron chi connectivity index (χ0n) is 12.5. The number of nitrogens with one attached hydrogen (secondary N) is 2. The van der Waals surface area contributed by atoms with Crippen molar-refractivity contribution in [2.45, 2.75) is 26.7 Å². The second-order valence-corrected chi connectivity index (χ2v) is 4.82. The molecule has 0 aliphatic heterocycles. The maximum absolute atomic E-state index is 12.4. The summed E-state index contributed by atoms with van der Waals surface area (Å²) in [5.41, 5.74) is 2.65. The van der Waals surface area contributed by atoms with Crippen molar-refractivity contribution in [3.63, 3.8) is 0 Å². The lowest BCUT2D eigenvalue weighted by Gasteiger charge is -2.11. The molecule has 4 heteroatoms. The first-order valence-corrected chi connectivity index (χ1v) is 7.33. The summed E-state index contributed by atoms with van der Waals surface area (Å²) in [5, 5.41) is 6.09. The normalized spacial score (nSPS) is 10.2. The van der Waals surface area contributed by atoms with E-state index in [-0.39, 0.29) is 5.91 Å². The van der Waals surface area contributed by atoms with Gasteiger partial charge in [-0.2, -0.15) is 0 Å². The van der Waals surface area contributed by atoms with Gasteiger partial charge in [0.1, 0.15) is 5.82 Å². The fraction of sp³-hybridized carbons (Fsp3) is 0.294. The van der Waals surface area contributed by atoms with Crippen molar-refractivity contribution in [3.8, 4) is 0 Å². The Labute approximate surface area is 125 Å². The van der Waals surface area contributed by atoms with Gasteiger partial charge in [-0.25, -0.2) is 4.98 Å². The minimum Gasteiger partial charge on any atom is -0.370 e. The van der Waals surface area contributed by atoms with Gasteiger partial charge in [0.15, 0.2) is 0 Å². The van der Waals surface area contributed by atoms with E-state index in [4.69, 9.17) is 0 Å². The molecule has 0 aliphatic rings. The van der Waals surface area contributed by atoms with Crippen molar-refractivity contribution in [1.82, 2.24) is 4.98 Å². The van der Waals surface area contributed by atoms with Crippen LogP contribution in [0.3, 0.4) is 0 Å². The van der Waals surface area contributed by atoms with E-state index >= 15 is 0 Å². The van der Waals surface area contributed by atoms with Gasteiger partial charge in [0.05, 0.1) is 0 Å². The van der Waals surface area contributed by atoms with Gasteiger partial charge in [-0.1, -0.05) is 31.5 Å². The van der Waals surface area contributed by atoms with Crippen molar-refractivity contribution in [3.05, 3.63) is 53.7 Å². The summed E-state index contributed by atoms with van der Waals surface area (Å²) >= 11 is 0. The Morgan fingerprint density at radius 2 is 2.00 bits per heavy atom. The zero-order chi connectivity index (χ0) is 15.1. The SMILES string of the molecule is CCCc1ccccc1NC(=O)c1ccnc(NCC)c1. The average molecular weight is 283 g/mol. The van der Waals surface area contributed by atoms with Crippen LogP contribution >= 0.6 is 0 Å². The Kier molecular flexibility index (Phi) is 5.32. The molecule has 1 heterocycles. The Morgan fingerprint density at radius 3 is 2.76 bits per heavy atom. The lowest BCUT2D eigenvalue weighted by molar-refractivity contribution is 0.102. The molecule has 4 nitrogen and oxygen atoms in total. The van der Waals surface area contributed by atoms with E-state index in [1.54, 1.807) is 18.3 Å². The number of nitrogens with zero attached hydrogens (tertiary/aromatic N) is 1. The number of para-hydroxylation sites is 1. The van der Waals surface area contributed by atoms with Crippen molar-refractivity contribution in [2.24, 2.45) is 0 Å². The van der Waals surface area contributed by atoms with Crippen molar-refractivity contribution in [2.75, 3.05) is 17.2 Å². The molecule has 0 unspecified atom stereocenters. The van der Waals surface area contributed by atoms with Gasteiger partial charge >= 0.3 is 0 Å². The van der Waals surface area contributed by atoms with Gasteiger partial charge in [0.2, 0.25) is 0 Å². The highest BCUT2D eigenvalue weighted by molar-refractivity contribution is 6.05. The highest BCUT2D eigenvalue weighted by Gasteiger charge is 2.09. The predicted octanol–water partition coefficient (Wildman–Crippen LogP) is 3.72. The molecule has 0 atom stereocenters. The second-order valence-electron chi connectivity index (χ2n) is 4.82. The van der Waals surface area contributed by atoms with Crippen LogP contribution < -0.4 is 10.6 Å². The van der Waals surface area contributed by atoms with Crippen molar-refractivity contribution in [1.29, 1.82) is 0 Å². The van der Waals surface area contributed by atoms with Crippen LogP contribution in [-0.2, 0) is 6.42 Å².